The molecule has 1 aliphatic heterocycles. The van der Waals surface area contributed by atoms with E-state index in [4.69, 9.17) is 40.1 Å². The van der Waals surface area contributed by atoms with Crippen molar-refractivity contribution in [2.24, 2.45) is 57.0 Å². The summed E-state index contributed by atoms with van der Waals surface area (Å²) in [6, 6.07) is -13.3. The number of carboxylic acids is 1. The Morgan fingerprint density at radius 3 is 1.52 bits per heavy atom. The molecule has 1 heterocycles. The number of nitrogens with zero attached hydrogens (tertiary/aromatic N) is 2. The fraction of sp³-hybridized carbons (Fsp3) is 0.661. The third kappa shape index (κ3) is 27.9. The molecule has 1 aromatic rings. The van der Waals surface area contributed by atoms with E-state index in [1.54, 1.807) is 27.7 Å². The number of carbonyl (C=O) groups is 13. The van der Waals surface area contributed by atoms with E-state index in [9.17, 15) is 87.9 Å². The van der Waals surface area contributed by atoms with Crippen LogP contribution in [-0.4, -0.2) is 242 Å². The summed E-state index contributed by atoms with van der Waals surface area (Å²) in [5.41, 5.74) is 40.4. The van der Waals surface area contributed by atoms with E-state index in [2.05, 4.69) is 65.5 Å². The zero-order valence-electron chi connectivity index (χ0n) is 55.6. The number of likely N-dealkylation sites (tertiary alicyclic amines) is 1. The van der Waals surface area contributed by atoms with Gasteiger partial charge in [-0.2, -0.15) is 12.6 Å². The third-order valence-corrected chi connectivity index (χ3v) is 15.9. The van der Waals surface area contributed by atoms with E-state index in [1.807, 2.05) is 5.32 Å². The van der Waals surface area contributed by atoms with Crippen molar-refractivity contribution in [2.75, 3.05) is 39.3 Å². The van der Waals surface area contributed by atoms with E-state index >= 15 is 0 Å². The minimum atomic E-state index is -1.92. The van der Waals surface area contributed by atoms with Crippen LogP contribution >= 0.6 is 12.6 Å². The summed E-state index contributed by atoms with van der Waals surface area (Å²) in [6.07, 6.45) is -5.18. The first-order chi connectivity index (χ1) is 45.3. The second-order valence-corrected chi connectivity index (χ2v) is 25.7. The lowest BCUT2D eigenvalue weighted by molar-refractivity contribution is -0.143. The van der Waals surface area contributed by atoms with Crippen LogP contribution in [0.25, 0.3) is 0 Å². The van der Waals surface area contributed by atoms with Crippen molar-refractivity contribution in [1.82, 2.24) is 58.1 Å². The van der Waals surface area contributed by atoms with Crippen LogP contribution in [0.5, 0.6) is 5.75 Å². The van der Waals surface area contributed by atoms with Gasteiger partial charge in [0.15, 0.2) is 5.96 Å². The number of hydrogen-bond acceptors (Lipinski definition) is 23. The van der Waals surface area contributed by atoms with Crippen molar-refractivity contribution in [3.8, 4) is 5.75 Å². The predicted molar refractivity (Wildman–Crippen MR) is 354 cm³/mol. The molecule has 0 bridgehead atoms. The van der Waals surface area contributed by atoms with Gasteiger partial charge in [0.05, 0.1) is 31.3 Å². The summed E-state index contributed by atoms with van der Waals surface area (Å²) in [5.74, 6) is -15.3. The van der Waals surface area contributed by atoms with Crippen molar-refractivity contribution in [3.05, 3.63) is 29.8 Å². The number of aromatic hydroxyl groups is 1. The number of nitrogens with two attached hydrogens (primary N) is 7. The van der Waals surface area contributed by atoms with Crippen LogP contribution in [0.3, 0.4) is 0 Å². The number of primary amides is 1. The number of hydrogen-bond donors (Lipinski definition) is 23. The molecule has 1 fully saturated rings. The molecule has 1 saturated heterocycles. The van der Waals surface area contributed by atoms with E-state index in [1.165, 1.54) is 43.0 Å². The highest BCUT2D eigenvalue weighted by Gasteiger charge is 2.45. The summed E-state index contributed by atoms with van der Waals surface area (Å²) in [5, 5.41) is 74.2. The number of carboxylic acid groups (broad SMARTS) is 1. The van der Waals surface area contributed by atoms with Crippen LogP contribution in [0, 0.1) is 11.8 Å². The lowest BCUT2D eigenvalue weighted by atomic mass is 9.95. The molecule has 546 valence electrons. The molecule has 97 heavy (non-hydrogen) atoms. The van der Waals surface area contributed by atoms with Gasteiger partial charge in [0, 0.05) is 30.7 Å². The number of aliphatic carboxylic acids is 1. The van der Waals surface area contributed by atoms with E-state index in [0.29, 0.717) is 12.0 Å². The lowest BCUT2D eigenvalue weighted by Gasteiger charge is -2.34. The highest BCUT2D eigenvalue weighted by molar-refractivity contribution is 7.81. The van der Waals surface area contributed by atoms with Gasteiger partial charge in [-0.1, -0.05) is 46.2 Å². The normalized spacial score (nSPS) is 17.8. The molecular formula is C59H101N19O18S. The van der Waals surface area contributed by atoms with Crippen molar-refractivity contribution < 1.29 is 87.9 Å². The number of thiol groups is 1. The van der Waals surface area contributed by atoms with E-state index < -0.39 is 185 Å². The van der Waals surface area contributed by atoms with E-state index in [0.717, 1.165) is 6.92 Å². The van der Waals surface area contributed by atoms with E-state index in [-0.39, 0.29) is 95.3 Å². The number of phenols is 1. The topological polar surface area (TPSA) is 641 Å². The van der Waals surface area contributed by atoms with Gasteiger partial charge in [-0.3, -0.25) is 62.5 Å². The smallest absolute Gasteiger partial charge is 0.328 e. The number of phenolic OH excluding ortho intramolecular Hbond substituents is 1. The summed E-state index contributed by atoms with van der Waals surface area (Å²) < 4.78 is -1.43. The van der Waals surface area contributed by atoms with Gasteiger partial charge in [-0.25, -0.2) is 4.79 Å². The molecule has 0 spiro atoms. The molecule has 0 aliphatic carbocycles. The maximum absolute atomic E-state index is 14.6. The molecule has 1 aromatic carbocycles. The summed E-state index contributed by atoms with van der Waals surface area (Å²) in [7, 11) is 0. The van der Waals surface area contributed by atoms with Gasteiger partial charge in [0.2, 0.25) is 70.9 Å². The van der Waals surface area contributed by atoms with Crippen molar-refractivity contribution in [3.63, 3.8) is 0 Å². The largest absolute Gasteiger partial charge is 0.508 e. The first-order valence-electron chi connectivity index (χ1n) is 31.6. The van der Waals surface area contributed by atoms with Gasteiger partial charge in [0.25, 0.3) is 0 Å². The first-order valence-corrected chi connectivity index (χ1v) is 32.0. The van der Waals surface area contributed by atoms with Gasteiger partial charge in [-0.05, 0) is 102 Å². The van der Waals surface area contributed by atoms with Crippen LogP contribution in [0.2, 0.25) is 0 Å². The maximum atomic E-state index is 14.6. The molecule has 15 atom stereocenters. The average Bonchev–Trinajstić information content (AvgIpc) is 1.76. The molecule has 1 aliphatic rings. The molecule has 2 rings (SSSR count). The molecular weight excluding hydrogens is 1290 g/mol. The Hall–Kier alpha value is -8.53. The monoisotopic (exact) mass is 1400 g/mol. The van der Waals surface area contributed by atoms with Gasteiger partial charge >= 0.3 is 5.97 Å². The molecule has 0 radical (unpaired) electrons. The summed E-state index contributed by atoms with van der Waals surface area (Å²) in [6.45, 7) is 8.75. The number of aliphatic imine (C=N–C) groups is 1. The molecule has 29 N–H and O–H groups in total. The van der Waals surface area contributed by atoms with Crippen LogP contribution < -0.4 is 93.3 Å². The minimum absolute atomic E-state index is 0.0447. The van der Waals surface area contributed by atoms with Crippen molar-refractivity contribution in [2.45, 2.75) is 196 Å². The molecule has 0 unspecified atom stereocenters. The van der Waals surface area contributed by atoms with Gasteiger partial charge in [0.1, 0.15) is 72.2 Å². The predicted octanol–water partition coefficient (Wildman–Crippen LogP) is -9.08. The maximum Gasteiger partial charge on any atom is 0.328 e. The Labute approximate surface area is 567 Å². The Bertz CT molecular complexity index is 2900. The van der Waals surface area contributed by atoms with Crippen molar-refractivity contribution >= 4 is 95.4 Å². The highest BCUT2D eigenvalue weighted by Crippen LogP contribution is 2.24. The number of benzene rings is 1. The number of guanidine groups is 1. The molecule has 12 amide bonds. The number of aliphatic hydroxyl groups excluding tert-OH is 3. The number of nitrogens with one attached hydrogen (secondary N) is 10. The second-order valence-electron chi connectivity index (χ2n) is 24.5. The lowest BCUT2D eigenvalue weighted by Crippen LogP contribution is -2.64. The summed E-state index contributed by atoms with van der Waals surface area (Å²) in [4.78, 5) is 183. The van der Waals surface area contributed by atoms with Crippen LogP contribution in [0.1, 0.15) is 105 Å². The van der Waals surface area contributed by atoms with Gasteiger partial charge in [-0.15, -0.1) is 0 Å². The number of amides is 12. The highest BCUT2D eigenvalue weighted by atomic mass is 32.1. The Kier molecular flexibility index (Phi) is 35.6. The quantitative estimate of drug-likeness (QED) is 0.0125. The Morgan fingerprint density at radius 1 is 0.629 bits per heavy atom. The fourth-order valence-electron chi connectivity index (χ4n) is 9.82. The molecule has 0 aromatic heterocycles. The molecule has 0 saturated carbocycles. The van der Waals surface area contributed by atoms with Crippen molar-refractivity contribution in [1.29, 1.82) is 0 Å². The first kappa shape index (κ1) is 84.6. The molecule has 38 heteroatoms. The minimum Gasteiger partial charge on any atom is -0.508 e. The fourth-order valence-corrected chi connectivity index (χ4v) is 10.00. The molecule has 37 nitrogen and oxygen atoms in total. The average molecular weight is 1400 g/mol. The van der Waals surface area contributed by atoms with Gasteiger partial charge < -0.3 is 124 Å². The third-order valence-electron chi connectivity index (χ3n) is 15.7. The number of aliphatic hydroxyl groups is 3. The number of rotatable bonds is 42. The van der Waals surface area contributed by atoms with Crippen LogP contribution in [-0.2, 0) is 68.7 Å². The zero-order valence-corrected chi connectivity index (χ0v) is 56.5. The Balaban J connectivity index is 2.53. The van der Waals surface area contributed by atoms with Crippen LogP contribution in [0.15, 0.2) is 29.3 Å². The Morgan fingerprint density at radius 2 is 1.07 bits per heavy atom. The van der Waals surface area contributed by atoms with Crippen LogP contribution in [0.4, 0.5) is 0 Å². The standard InChI is InChI=1S/C59H101N19O18S/c1-8-28(4)43(75-52(90)40-23-32(82)25-78(40)56(94)42(64)27(2)3)53(91)77-45(59(6,7)97)55(93)73-37(22-30-11-13-31(81)14-12-30)50(88)70-34(15-18-60)47(85)72-38(24-41(63)83)51(89)68-33(10-9-21-67-58(65)66)46(84)69-36(17-20-62)49(87)76-44(29(5)80)54(92)71-35(16-19-61)48(86)74-39(26-79)57(95)96/h11-14,27-29,32-40,42-45,79-82,97H,8-10,15-26,60-62,64H2,1-7H3,(H2,63,83)(H,68,89)(H,69,84)(H,70,88)(H,71,92)(H,72,85)(H,73,93)(H,74,86)(H,75,90)(H,76,87)(H,77,91)(H,95,96)(H4,65,66,67)/t28-,29+,32+,33-,34-,35+,36-,37-,38-,39-,40-,42-,43-,44-,45+/m0/s1. The number of β-amino-alcohol motifs (C(OH)–C–C–N with tert-alkyl or cyclic N) is 1. The second kappa shape index (κ2) is 40.9. The summed E-state index contributed by atoms with van der Waals surface area (Å²) >= 11 is 4.63. The zero-order chi connectivity index (χ0) is 73.8. The number of carbonyl (C=O) groups excluding carboxylic acids is 12. The SMILES string of the molecule is CC[C@H](C)[C@H](NC(=O)[C@@H]1C[C@@H](O)CN1C(=O)[C@@H](N)C(C)C)C(=O)N[C@H](C(=O)N[C@@H](Cc1ccc(O)cc1)C(=O)N[C@@H](CCN)C(=O)N[C@@H](CC(N)=O)C(=O)N[C@@H](CCCN=C(N)N)C(=O)N[C@@H](CCN)C(=O)N[C@H](C(=O)N[C@H](CCN)C(=O)N[C@@H](CO)C(=O)O)[C@@H](C)O)C(C)(C)S.